The maximum absolute atomic E-state index is 4.86. The number of thiol groups is 4. The second kappa shape index (κ2) is 7.15. The average molecular weight is 403 g/mol. The first-order valence-corrected chi connectivity index (χ1v) is 9.95. The van der Waals surface area contributed by atoms with Crippen molar-refractivity contribution < 1.29 is 0 Å². The number of rotatable bonds is 3. The fraction of sp³-hybridized carbons (Fsp3) is 0.238. The molecule has 0 aliphatic heterocycles. The van der Waals surface area contributed by atoms with Gasteiger partial charge in [-0.1, -0.05) is 48.6 Å². The highest BCUT2D eigenvalue weighted by molar-refractivity contribution is 7.85. The van der Waals surface area contributed by atoms with Gasteiger partial charge in [0.1, 0.15) is 0 Å². The summed E-state index contributed by atoms with van der Waals surface area (Å²) in [5.41, 5.74) is 3.20. The van der Waals surface area contributed by atoms with Gasteiger partial charge >= 0.3 is 0 Å². The van der Waals surface area contributed by atoms with Gasteiger partial charge in [0.25, 0.3) is 0 Å². The Kier molecular flexibility index (Phi) is 5.46. The van der Waals surface area contributed by atoms with Gasteiger partial charge in [-0.3, -0.25) is 0 Å². The second-order valence-electron chi connectivity index (χ2n) is 6.92. The van der Waals surface area contributed by atoms with Crippen LogP contribution in [0, 0.1) is 0 Å². The van der Waals surface area contributed by atoms with Crippen LogP contribution >= 0.6 is 50.5 Å². The molecular formula is C21H22S4. The minimum Gasteiger partial charge on any atom is -0.168 e. The molecule has 0 amide bonds. The molecule has 3 rings (SSSR count). The third kappa shape index (κ3) is 3.73. The third-order valence-corrected chi connectivity index (χ3v) is 6.21. The van der Waals surface area contributed by atoms with Gasteiger partial charge in [-0.25, -0.2) is 0 Å². The van der Waals surface area contributed by atoms with Crippen LogP contribution in [0.25, 0.3) is 0 Å². The van der Waals surface area contributed by atoms with Gasteiger partial charge in [0.05, 0.1) is 0 Å². The Morgan fingerprint density at radius 2 is 1.68 bits per heavy atom. The lowest BCUT2D eigenvalue weighted by Crippen LogP contribution is -2.30. The average Bonchev–Trinajstić information content (AvgIpc) is 2.54. The molecule has 0 aromatic heterocycles. The molecule has 1 aliphatic carbocycles. The zero-order valence-corrected chi connectivity index (χ0v) is 17.8. The fourth-order valence-electron chi connectivity index (χ4n) is 3.48. The van der Waals surface area contributed by atoms with Crippen LogP contribution in [0.2, 0.25) is 0 Å². The van der Waals surface area contributed by atoms with Crippen molar-refractivity contribution in [2.45, 2.75) is 40.2 Å². The van der Waals surface area contributed by atoms with Gasteiger partial charge in [0, 0.05) is 20.0 Å². The molecule has 4 heteroatoms. The fourth-order valence-corrected chi connectivity index (χ4v) is 5.20. The first-order chi connectivity index (χ1) is 11.7. The monoisotopic (exact) mass is 402 g/mol. The van der Waals surface area contributed by atoms with Crippen molar-refractivity contribution >= 4 is 50.5 Å². The van der Waals surface area contributed by atoms with E-state index in [9.17, 15) is 0 Å². The van der Waals surface area contributed by atoms with Gasteiger partial charge in [0.2, 0.25) is 0 Å². The molecule has 2 aromatic rings. The van der Waals surface area contributed by atoms with E-state index in [-0.39, 0.29) is 10.2 Å². The van der Waals surface area contributed by atoms with Gasteiger partial charge in [-0.05, 0) is 54.0 Å². The topological polar surface area (TPSA) is 0 Å². The molecule has 0 radical (unpaired) electrons. The summed E-state index contributed by atoms with van der Waals surface area (Å²) in [6.07, 6.45) is 5.14. The summed E-state index contributed by atoms with van der Waals surface area (Å²) in [4.78, 5) is 2.90. The minimum atomic E-state index is -0.350. The molecule has 0 saturated carbocycles. The molecule has 2 unspecified atom stereocenters. The van der Waals surface area contributed by atoms with Crippen molar-refractivity contribution in [2.75, 3.05) is 0 Å². The molecule has 0 fully saturated rings. The van der Waals surface area contributed by atoms with Crippen molar-refractivity contribution in [3.63, 3.8) is 0 Å². The van der Waals surface area contributed by atoms with Crippen molar-refractivity contribution in [1.29, 1.82) is 0 Å². The molecule has 0 saturated heterocycles. The molecule has 0 bridgehead atoms. The lowest BCUT2D eigenvalue weighted by atomic mass is 9.68. The van der Waals surface area contributed by atoms with E-state index in [0.717, 1.165) is 26.7 Å². The summed E-state index contributed by atoms with van der Waals surface area (Å²) in [7, 11) is 0. The zero-order valence-electron chi connectivity index (χ0n) is 14.3. The Labute approximate surface area is 172 Å². The van der Waals surface area contributed by atoms with E-state index < -0.39 is 0 Å². The summed E-state index contributed by atoms with van der Waals surface area (Å²) < 4.78 is -0.170. The van der Waals surface area contributed by atoms with Crippen LogP contribution in [0.1, 0.15) is 31.4 Å². The summed E-state index contributed by atoms with van der Waals surface area (Å²) in [6.45, 7) is 4.35. The third-order valence-electron chi connectivity index (χ3n) is 4.86. The highest BCUT2D eigenvalue weighted by Gasteiger charge is 2.37. The Balaban J connectivity index is 2.26. The molecular weight excluding hydrogens is 380 g/mol. The summed E-state index contributed by atoms with van der Waals surface area (Å²) in [5.74, 6) is 0. The molecule has 1 aliphatic rings. The number of allylic oxidation sites excluding steroid dienone is 3. The standard InChI is InChI=1S/C21H22S4/c1-20(25)11-10-17(19(24)13-20)21(2,14-6-4-3-5-7-14)16-9-8-15(22)12-18(16)23/h3-12,22-25H,13H2,1-2H3. The number of hydrogen-bond donors (Lipinski definition) is 4. The Morgan fingerprint density at radius 3 is 2.28 bits per heavy atom. The second-order valence-corrected chi connectivity index (χ2v) is 9.48. The number of benzene rings is 2. The van der Waals surface area contributed by atoms with E-state index in [1.807, 2.05) is 18.2 Å². The maximum atomic E-state index is 4.86. The van der Waals surface area contributed by atoms with Crippen LogP contribution in [0.5, 0.6) is 0 Å². The molecule has 0 N–H and O–H groups in total. The van der Waals surface area contributed by atoms with Gasteiger partial charge in [0.15, 0.2) is 0 Å². The highest BCUT2D eigenvalue weighted by atomic mass is 32.1. The highest BCUT2D eigenvalue weighted by Crippen LogP contribution is 2.47. The summed E-state index contributed by atoms with van der Waals surface area (Å²) in [6, 6.07) is 16.7. The van der Waals surface area contributed by atoms with Crippen LogP contribution in [-0.2, 0) is 5.41 Å². The molecule has 2 atom stereocenters. The van der Waals surface area contributed by atoms with Crippen molar-refractivity contribution in [3.05, 3.63) is 82.3 Å². The van der Waals surface area contributed by atoms with Crippen molar-refractivity contribution in [1.82, 2.24) is 0 Å². The summed E-state index contributed by atoms with van der Waals surface area (Å²) >= 11 is 18.8. The maximum Gasteiger partial charge on any atom is 0.0441 e. The molecule has 2 aromatic carbocycles. The normalized spacial score (nSPS) is 22.8. The molecule has 25 heavy (non-hydrogen) atoms. The van der Waals surface area contributed by atoms with E-state index in [1.54, 1.807) is 0 Å². The molecule has 0 nitrogen and oxygen atoms in total. The Hall–Kier alpha value is -0.680. The molecule has 0 heterocycles. The van der Waals surface area contributed by atoms with Crippen molar-refractivity contribution in [3.8, 4) is 0 Å². The van der Waals surface area contributed by atoms with Crippen LogP contribution in [0.3, 0.4) is 0 Å². The van der Waals surface area contributed by atoms with E-state index in [4.69, 9.17) is 37.9 Å². The lowest BCUT2D eigenvalue weighted by Gasteiger charge is -2.38. The Bertz CT molecular complexity index is 849. The van der Waals surface area contributed by atoms with Crippen LogP contribution in [0.4, 0.5) is 0 Å². The molecule has 130 valence electrons. The minimum absolute atomic E-state index is 0.170. The quantitative estimate of drug-likeness (QED) is 0.419. The summed E-state index contributed by atoms with van der Waals surface area (Å²) in [5, 5.41) is 0. The van der Waals surface area contributed by atoms with Gasteiger partial charge in [-0.2, -0.15) is 12.6 Å². The van der Waals surface area contributed by atoms with E-state index in [2.05, 4.69) is 69.0 Å². The van der Waals surface area contributed by atoms with E-state index in [0.29, 0.717) is 0 Å². The van der Waals surface area contributed by atoms with Crippen LogP contribution in [-0.4, -0.2) is 4.75 Å². The van der Waals surface area contributed by atoms with Gasteiger partial charge < -0.3 is 0 Å². The van der Waals surface area contributed by atoms with E-state index in [1.165, 1.54) is 11.1 Å². The predicted molar refractivity (Wildman–Crippen MR) is 121 cm³/mol. The predicted octanol–water partition coefficient (Wildman–Crippen LogP) is 6.40. The van der Waals surface area contributed by atoms with Crippen LogP contribution in [0.15, 0.2) is 81.0 Å². The largest absolute Gasteiger partial charge is 0.168 e. The van der Waals surface area contributed by atoms with Crippen molar-refractivity contribution in [2.24, 2.45) is 0 Å². The number of hydrogen-bond acceptors (Lipinski definition) is 4. The van der Waals surface area contributed by atoms with Gasteiger partial charge in [-0.15, -0.1) is 37.9 Å². The molecule has 0 spiro atoms. The van der Waals surface area contributed by atoms with E-state index >= 15 is 0 Å². The first kappa shape index (κ1) is 19.1. The SMILES string of the molecule is CC1(S)C=CC(C(C)(c2ccccc2)c2ccc(S)cc2S)=C(S)C1. The van der Waals surface area contributed by atoms with Crippen LogP contribution < -0.4 is 0 Å². The Morgan fingerprint density at radius 1 is 1.00 bits per heavy atom. The smallest absolute Gasteiger partial charge is 0.0441 e. The zero-order chi connectivity index (χ0) is 18.2. The first-order valence-electron chi connectivity index (χ1n) is 8.16. The lowest BCUT2D eigenvalue weighted by molar-refractivity contribution is 0.652.